The summed E-state index contributed by atoms with van der Waals surface area (Å²) in [5, 5.41) is 0. The average molecular weight is 214 g/mol. The second-order valence-corrected chi connectivity index (χ2v) is 3.69. The Kier molecular flexibility index (Phi) is 2.77. The number of methoxy groups -OCH3 is 1. The Morgan fingerprint density at radius 3 is 2.75 bits per heavy atom. The Morgan fingerprint density at radius 2 is 2.06 bits per heavy atom. The van der Waals surface area contributed by atoms with E-state index >= 15 is 0 Å². The van der Waals surface area contributed by atoms with E-state index in [9.17, 15) is 0 Å². The van der Waals surface area contributed by atoms with Crippen LogP contribution in [0, 0.1) is 6.92 Å². The van der Waals surface area contributed by atoms with Crippen molar-refractivity contribution in [3.8, 4) is 16.9 Å². The maximum Gasteiger partial charge on any atom is 0.121 e. The highest BCUT2D eigenvalue weighted by molar-refractivity contribution is 5.71. The van der Waals surface area contributed by atoms with E-state index in [0.717, 1.165) is 16.9 Å². The van der Waals surface area contributed by atoms with E-state index in [2.05, 4.69) is 4.98 Å². The maximum atomic E-state index is 5.82. The molecule has 2 N–H and O–H groups in total. The molecule has 0 atom stereocenters. The van der Waals surface area contributed by atoms with Crippen molar-refractivity contribution in [2.75, 3.05) is 12.8 Å². The molecule has 1 aromatic carbocycles. The van der Waals surface area contributed by atoms with Gasteiger partial charge >= 0.3 is 0 Å². The number of rotatable bonds is 2. The van der Waals surface area contributed by atoms with Gasteiger partial charge in [0.25, 0.3) is 0 Å². The van der Waals surface area contributed by atoms with Gasteiger partial charge in [0.05, 0.1) is 7.11 Å². The zero-order valence-corrected chi connectivity index (χ0v) is 9.40. The van der Waals surface area contributed by atoms with Crippen LogP contribution in [0.25, 0.3) is 11.1 Å². The Balaban J connectivity index is 2.56. The number of nitrogen functional groups attached to an aromatic ring is 1. The summed E-state index contributed by atoms with van der Waals surface area (Å²) in [6.07, 6.45) is 3.62. The first-order chi connectivity index (χ1) is 7.70. The molecule has 0 fully saturated rings. The van der Waals surface area contributed by atoms with Crippen molar-refractivity contribution in [3.63, 3.8) is 0 Å². The summed E-state index contributed by atoms with van der Waals surface area (Å²) in [6, 6.07) is 7.66. The Bertz CT molecular complexity index is 509. The van der Waals surface area contributed by atoms with Gasteiger partial charge in [-0.1, -0.05) is 0 Å². The molecule has 82 valence electrons. The molecule has 1 aromatic heterocycles. The van der Waals surface area contributed by atoms with Crippen molar-refractivity contribution in [2.45, 2.75) is 6.92 Å². The summed E-state index contributed by atoms with van der Waals surface area (Å²) in [4.78, 5) is 4.13. The van der Waals surface area contributed by atoms with Gasteiger partial charge in [0.2, 0.25) is 0 Å². The number of pyridine rings is 1. The van der Waals surface area contributed by atoms with Crippen molar-refractivity contribution in [2.24, 2.45) is 0 Å². The molecule has 0 saturated carbocycles. The van der Waals surface area contributed by atoms with Gasteiger partial charge in [0, 0.05) is 29.7 Å². The average Bonchev–Trinajstić information content (AvgIpc) is 2.28. The summed E-state index contributed by atoms with van der Waals surface area (Å²) in [5.41, 5.74) is 9.79. The molecule has 3 heteroatoms. The summed E-state index contributed by atoms with van der Waals surface area (Å²) in [7, 11) is 1.63. The van der Waals surface area contributed by atoms with Crippen molar-refractivity contribution < 1.29 is 4.74 Å². The summed E-state index contributed by atoms with van der Waals surface area (Å²) < 4.78 is 5.20. The molecular formula is C13H14N2O. The van der Waals surface area contributed by atoms with E-state index in [4.69, 9.17) is 10.5 Å². The first kappa shape index (κ1) is 10.5. The number of aryl methyl sites for hydroxylation is 1. The minimum Gasteiger partial charge on any atom is -0.497 e. The fourth-order valence-electron chi connectivity index (χ4n) is 1.66. The predicted octanol–water partition coefficient (Wildman–Crippen LogP) is 2.65. The molecule has 1 heterocycles. The number of anilines is 1. The molecule has 0 aliphatic carbocycles. The predicted molar refractivity (Wildman–Crippen MR) is 65.4 cm³/mol. The monoisotopic (exact) mass is 214 g/mol. The molecular weight excluding hydrogens is 200 g/mol. The second kappa shape index (κ2) is 4.23. The zero-order valence-electron chi connectivity index (χ0n) is 9.40. The van der Waals surface area contributed by atoms with Crippen molar-refractivity contribution in [3.05, 3.63) is 42.2 Å². The minimum absolute atomic E-state index is 0.692. The van der Waals surface area contributed by atoms with Gasteiger partial charge < -0.3 is 10.5 Å². The first-order valence-electron chi connectivity index (χ1n) is 5.06. The minimum atomic E-state index is 0.692. The van der Waals surface area contributed by atoms with Gasteiger partial charge in [-0.2, -0.15) is 0 Å². The fraction of sp³-hybridized carbons (Fsp3) is 0.154. The molecule has 0 amide bonds. The Morgan fingerprint density at radius 1 is 1.25 bits per heavy atom. The van der Waals surface area contributed by atoms with Gasteiger partial charge in [0.1, 0.15) is 5.75 Å². The number of hydrogen-bond donors (Lipinski definition) is 1. The van der Waals surface area contributed by atoms with E-state index in [0.29, 0.717) is 5.69 Å². The summed E-state index contributed by atoms with van der Waals surface area (Å²) in [6.45, 7) is 2.05. The second-order valence-electron chi connectivity index (χ2n) is 3.69. The molecule has 16 heavy (non-hydrogen) atoms. The van der Waals surface area contributed by atoms with Crippen molar-refractivity contribution in [1.82, 2.24) is 4.98 Å². The topological polar surface area (TPSA) is 48.1 Å². The standard InChI is InChI=1S/C13H14N2O/c1-9-3-4-15-8-13(9)10-5-11(14)7-12(6-10)16-2/h3-8H,14H2,1-2H3. The van der Waals surface area contributed by atoms with Crippen LogP contribution in [0.4, 0.5) is 5.69 Å². The number of nitrogens with zero attached hydrogens (tertiary/aromatic N) is 1. The third kappa shape index (κ3) is 1.98. The van der Waals surface area contributed by atoms with E-state index in [-0.39, 0.29) is 0 Å². The Labute approximate surface area is 94.9 Å². The lowest BCUT2D eigenvalue weighted by Gasteiger charge is -2.08. The Hall–Kier alpha value is -2.03. The molecule has 0 aliphatic heterocycles. The van der Waals surface area contributed by atoms with Crippen LogP contribution in [-0.4, -0.2) is 12.1 Å². The van der Waals surface area contributed by atoms with Crippen LogP contribution < -0.4 is 10.5 Å². The lowest BCUT2D eigenvalue weighted by atomic mass is 10.0. The lowest BCUT2D eigenvalue weighted by molar-refractivity contribution is 0.415. The highest BCUT2D eigenvalue weighted by Gasteiger charge is 2.04. The first-order valence-corrected chi connectivity index (χ1v) is 5.06. The molecule has 0 aliphatic rings. The molecule has 0 bridgehead atoms. The van der Waals surface area contributed by atoms with Crippen LogP contribution in [0.15, 0.2) is 36.7 Å². The summed E-state index contributed by atoms with van der Waals surface area (Å²) in [5.74, 6) is 0.762. The molecule has 2 aromatic rings. The number of benzene rings is 1. The van der Waals surface area contributed by atoms with Gasteiger partial charge in [0.15, 0.2) is 0 Å². The van der Waals surface area contributed by atoms with E-state index in [1.165, 1.54) is 5.56 Å². The number of ether oxygens (including phenoxy) is 1. The van der Waals surface area contributed by atoms with Gasteiger partial charge in [-0.05, 0) is 36.2 Å². The largest absolute Gasteiger partial charge is 0.497 e. The van der Waals surface area contributed by atoms with Gasteiger partial charge in [-0.15, -0.1) is 0 Å². The number of hydrogen-bond acceptors (Lipinski definition) is 3. The van der Waals surface area contributed by atoms with Crippen LogP contribution in [0.1, 0.15) is 5.56 Å². The smallest absolute Gasteiger partial charge is 0.121 e. The highest BCUT2D eigenvalue weighted by Crippen LogP contribution is 2.28. The number of aromatic nitrogens is 1. The zero-order chi connectivity index (χ0) is 11.5. The summed E-state index contributed by atoms with van der Waals surface area (Å²) >= 11 is 0. The molecule has 0 spiro atoms. The quantitative estimate of drug-likeness (QED) is 0.782. The molecule has 0 saturated heterocycles. The van der Waals surface area contributed by atoms with Crippen LogP contribution in [0.2, 0.25) is 0 Å². The van der Waals surface area contributed by atoms with E-state index < -0.39 is 0 Å². The fourth-order valence-corrected chi connectivity index (χ4v) is 1.66. The van der Waals surface area contributed by atoms with Crippen molar-refractivity contribution in [1.29, 1.82) is 0 Å². The van der Waals surface area contributed by atoms with Gasteiger partial charge in [-0.25, -0.2) is 0 Å². The molecule has 0 radical (unpaired) electrons. The molecule has 2 rings (SSSR count). The molecule has 0 unspecified atom stereocenters. The van der Waals surface area contributed by atoms with Crippen LogP contribution in [0.5, 0.6) is 5.75 Å². The third-order valence-electron chi connectivity index (χ3n) is 2.51. The van der Waals surface area contributed by atoms with Gasteiger partial charge in [-0.3, -0.25) is 4.98 Å². The highest BCUT2D eigenvalue weighted by atomic mass is 16.5. The number of nitrogens with two attached hydrogens (primary N) is 1. The van der Waals surface area contributed by atoms with Crippen LogP contribution >= 0.6 is 0 Å². The van der Waals surface area contributed by atoms with Crippen LogP contribution in [-0.2, 0) is 0 Å². The van der Waals surface area contributed by atoms with Crippen molar-refractivity contribution >= 4 is 5.69 Å². The van der Waals surface area contributed by atoms with E-state index in [1.54, 1.807) is 19.4 Å². The SMILES string of the molecule is COc1cc(N)cc(-c2cnccc2C)c1. The lowest BCUT2D eigenvalue weighted by Crippen LogP contribution is -1.91. The normalized spacial score (nSPS) is 10.1. The maximum absolute atomic E-state index is 5.82. The third-order valence-corrected chi connectivity index (χ3v) is 2.51. The van der Waals surface area contributed by atoms with Crippen LogP contribution in [0.3, 0.4) is 0 Å². The van der Waals surface area contributed by atoms with E-state index in [1.807, 2.05) is 31.3 Å². The molecule has 3 nitrogen and oxygen atoms in total.